The zero-order chi connectivity index (χ0) is 22.3. The van der Waals surface area contributed by atoms with E-state index in [1.165, 1.54) is 12.1 Å². The Morgan fingerprint density at radius 2 is 2.03 bits per heavy atom. The first kappa shape index (κ1) is 25.2. The molecular weight excluding hydrogens is 540 g/mol. The Bertz CT molecular complexity index is 945. The summed E-state index contributed by atoms with van der Waals surface area (Å²) in [5.41, 5.74) is 0.963. The molecule has 4 rings (SSSR count). The molecule has 1 unspecified atom stereocenters. The van der Waals surface area contributed by atoms with Crippen molar-refractivity contribution < 1.29 is 18.7 Å². The molecule has 8 nitrogen and oxygen atoms in total. The van der Waals surface area contributed by atoms with Crippen LogP contribution in [0.3, 0.4) is 0 Å². The molecular formula is C23H29FIN5O3. The number of aromatic nitrogens is 1. The minimum atomic E-state index is -0.355. The number of guanidine groups is 1. The molecule has 2 aliphatic rings. The molecule has 2 aromatic rings. The van der Waals surface area contributed by atoms with Crippen LogP contribution in [-0.2, 0) is 16.1 Å². The fourth-order valence-corrected chi connectivity index (χ4v) is 3.86. The Morgan fingerprint density at radius 1 is 1.24 bits per heavy atom. The van der Waals surface area contributed by atoms with Gasteiger partial charge < -0.3 is 24.6 Å². The molecule has 1 atom stereocenters. The third-order valence-corrected chi connectivity index (χ3v) is 5.57. The van der Waals surface area contributed by atoms with E-state index in [9.17, 15) is 9.18 Å². The second kappa shape index (κ2) is 12.1. The van der Waals surface area contributed by atoms with Crippen LogP contribution >= 0.6 is 24.0 Å². The largest absolute Gasteiger partial charge is 0.439 e. The molecule has 178 valence electrons. The van der Waals surface area contributed by atoms with Crippen LogP contribution in [0.25, 0.3) is 0 Å². The standard InChI is InChI=1S/C23H28FN5O3.HI/c1-25-23(29-11-9-28(10-12-29)22(30)20-6-3-13-31-20)27-16-17-7-8-21(26-15-17)32-19-5-2-4-18(24)14-19;/h2,4-5,7-8,14-15,20H,3,6,9-13,16H2,1H3,(H,25,27);1H. The number of hydrogen-bond donors (Lipinski definition) is 1. The summed E-state index contributed by atoms with van der Waals surface area (Å²) in [6.45, 7) is 3.99. The second-order valence-electron chi connectivity index (χ2n) is 7.78. The lowest BCUT2D eigenvalue weighted by molar-refractivity contribution is -0.142. The highest BCUT2D eigenvalue weighted by molar-refractivity contribution is 14.0. The predicted octanol–water partition coefficient (Wildman–Crippen LogP) is 3.03. The summed E-state index contributed by atoms with van der Waals surface area (Å²) < 4.78 is 24.4. The van der Waals surface area contributed by atoms with Gasteiger partial charge in [0.1, 0.15) is 17.7 Å². The van der Waals surface area contributed by atoms with Crippen molar-refractivity contribution in [3.8, 4) is 11.6 Å². The number of pyridine rings is 1. The quantitative estimate of drug-likeness (QED) is 0.339. The van der Waals surface area contributed by atoms with Crippen molar-refractivity contribution in [1.82, 2.24) is 20.1 Å². The zero-order valence-electron chi connectivity index (χ0n) is 18.6. The first-order valence-corrected chi connectivity index (χ1v) is 10.9. The summed E-state index contributed by atoms with van der Waals surface area (Å²) in [5.74, 6) is 1.34. The molecule has 0 bridgehead atoms. The molecule has 3 heterocycles. The summed E-state index contributed by atoms with van der Waals surface area (Å²) in [6, 6.07) is 9.60. The minimum Gasteiger partial charge on any atom is -0.439 e. The van der Waals surface area contributed by atoms with Gasteiger partial charge in [-0.1, -0.05) is 12.1 Å². The van der Waals surface area contributed by atoms with Crippen molar-refractivity contribution in [3.63, 3.8) is 0 Å². The highest BCUT2D eigenvalue weighted by Gasteiger charge is 2.30. The second-order valence-corrected chi connectivity index (χ2v) is 7.78. The van der Waals surface area contributed by atoms with Crippen LogP contribution in [0.15, 0.2) is 47.6 Å². The number of halogens is 2. The zero-order valence-corrected chi connectivity index (χ0v) is 20.9. The molecule has 1 N–H and O–H groups in total. The number of carbonyl (C=O) groups excluding carboxylic acids is 1. The van der Waals surface area contributed by atoms with E-state index in [2.05, 4.69) is 20.2 Å². The molecule has 10 heteroatoms. The van der Waals surface area contributed by atoms with Gasteiger partial charge in [-0.15, -0.1) is 24.0 Å². The smallest absolute Gasteiger partial charge is 0.251 e. The van der Waals surface area contributed by atoms with Crippen LogP contribution < -0.4 is 10.1 Å². The van der Waals surface area contributed by atoms with Crippen molar-refractivity contribution in [2.75, 3.05) is 39.8 Å². The monoisotopic (exact) mass is 569 g/mol. The Labute approximate surface area is 210 Å². The van der Waals surface area contributed by atoms with Crippen LogP contribution in [0.2, 0.25) is 0 Å². The molecule has 2 saturated heterocycles. The van der Waals surface area contributed by atoms with Crippen molar-refractivity contribution in [1.29, 1.82) is 0 Å². The lowest BCUT2D eigenvalue weighted by Gasteiger charge is -2.37. The van der Waals surface area contributed by atoms with Gasteiger partial charge in [0.05, 0.1) is 0 Å². The Morgan fingerprint density at radius 3 is 2.67 bits per heavy atom. The average Bonchev–Trinajstić information content (AvgIpc) is 3.36. The third-order valence-electron chi connectivity index (χ3n) is 5.57. The van der Waals surface area contributed by atoms with E-state index in [4.69, 9.17) is 9.47 Å². The number of aliphatic imine (C=N–C) groups is 1. The minimum absolute atomic E-state index is 0. The summed E-state index contributed by atoms with van der Waals surface area (Å²) in [7, 11) is 1.75. The summed E-state index contributed by atoms with van der Waals surface area (Å²) in [6.07, 6.45) is 3.23. The van der Waals surface area contributed by atoms with E-state index >= 15 is 0 Å². The van der Waals surface area contributed by atoms with Crippen molar-refractivity contribution >= 4 is 35.8 Å². The molecule has 1 amide bonds. The Kier molecular flexibility index (Phi) is 9.24. The molecule has 2 aliphatic heterocycles. The highest BCUT2D eigenvalue weighted by atomic mass is 127. The van der Waals surface area contributed by atoms with Crippen LogP contribution in [0.4, 0.5) is 4.39 Å². The molecule has 2 fully saturated rings. The average molecular weight is 569 g/mol. The molecule has 0 radical (unpaired) electrons. The lowest BCUT2D eigenvalue weighted by Crippen LogP contribution is -2.55. The number of hydrogen-bond acceptors (Lipinski definition) is 5. The van der Waals surface area contributed by atoms with Crippen molar-refractivity contribution in [3.05, 3.63) is 54.0 Å². The van der Waals surface area contributed by atoms with Gasteiger partial charge in [-0.2, -0.15) is 0 Å². The normalized spacial score (nSPS) is 18.6. The van der Waals surface area contributed by atoms with Gasteiger partial charge in [0.15, 0.2) is 5.96 Å². The van der Waals surface area contributed by atoms with E-state index in [1.54, 1.807) is 31.4 Å². The molecule has 1 aromatic heterocycles. The van der Waals surface area contributed by atoms with Gasteiger partial charge in [0.25, 0.3) is 5.91 Å². The van der Waals surface area contributed by atoms with E-state index in [-0.39, 0.29) is 41.8 Å². The fraction of sp³-hybridized carbons (Fsp3) is 0.435. The van der Waals surface area contributed by atoms with E-state index in [1.807, 2.05) is 11.0 Å². The van der Waals surface area contributed by atoms with Gasteiger partial charge >= 0.3 is 0 Å². The number of nitrogens with one attached hydrogen (secondary N) is 1. The van der Waals surface area contributed by atoms with Gasteiger partial charge in [0, 0.05) is 64.7 Å². The topological polar surface area (TPSA) is 79.3 Å². The van der Waals surface area contributed by atoms with Gasteiger partial charge in [-0.05, 0) is 30.5 Å². The molecule has 0 saturated carbocycles. The number of amides is 1. The maximum atomic E-state index is 13.3. The predicted molar refractivity (Wildman–Crippen MR) is 133 cm³/mol. The van der Waals surface area contributed by atoms with E-state index in [0.717, 1.165) is 37.5 Å². The number of piperazine rings is 1. The van der Waals surface area contributed by atoms with Crippen LogP contribution in [-0.4, -0.2) is 72.6 Å². The first-order chi connectivity index (χ1) is 15.6. The number of benzene rings is 1. The Balaban J connectivity index is 0.00000306. The number of ether oxygens (including phenoxy) is 2. The third kappa shape index (κ3) is 6.76. The Hall–Kier alpha value is -2.47. The van der Waals surface area contributed by atoms with E-state index < -0.39 is 0 Å². The highest BCUT2D eigenvalue weighted by Crippen LogP contribution is 2.20. The maximum absolute atomic E-state index is 13.3. The number of carbonyl (C=O) groups is 1. The number of rotatable bonds is 5. The van der Waals surface area contributed by atoms with Gasteiger partial charge in [-0.25, -0.2) is 9.37 Å². The van der Waals surface area contributed by atoms with Gasteiger partial charge in [-0.3, -0.25) is 9.79 Å². The number of nitrogens with zero attached hydrogens (tertiary/aromatic N) is 4. The van der Waals surface area contributed by atoms with Crippen molar-refractivity contribution in [2.24, 2.45) is 4.99 Å². The SMILES string of the molecule is CN=C(NCc1ccc(Oc2cccc(F)c2)nc1)N1CCN(C(=O)C2CCCO2)CC1.I. The fourth-order valence-electron chi connectivity index (χ4n) is 3.86. The van der Waals surface area contributed by atoms with E-state index in [0.29, 0.717) is 37.9 Å². The van der Waals surface area contributed by atoms with Crippen LogP contribution in [0, 0.1) is 5.82 Å². The van der Waals surface area contributed by atoms with Crippen LogP contribution in [0.1, 0.15) is 18.4 Å². The molecule has 0 spiro atoms. The molecule has 1 aromatic carbocycles. The summed E-state index contributed by atoms with van der Waals surface area (Å²) >= 11 is 0. The summed E-state index contributed by atoms with van der Waals surface area (Å²) in [5, 5.41) is 3.35. The molecule has 33 heavy (non-hydrogen) atoms. The van der Waals surface area contributed by atoms with Crippen molar-refractivity contribution in [2.45, 2.75) is 25.5 Å². The maximum Gasteiger partial charge on any atom is 0.251 e. The lowest BCUT2D eigenvalue weighted by atomic mass is 10.2. The van der Waals surface area contributed by atoms with Gasteiger partial charge in [0.2, 0.25) is 5.88 Å². The summed E-state index contributed by atoms with van der Waals surface area (Å²) in [4.78, 5) is 25.2. The van der Waals surface area contributed by atoms with Crippen LogP contribution in [0.5, 0.6) is 11.6 Å². The first-order valence-electron chi connectivity index (χ1n) is 10.9. The molecule has 0 aliphatic carbocycles.